The van der Waals surface area contributed by atoms with Crippen molar-refractivity contribution in [3.63, 3.8) is 0 Å². The number of benzene rings is 1. The number of hydrogen-bond acceptors (Lipinski definition) is 7. The summed E-state index contributed by atoms with van der Waals surface area (Å²) < 4.78 is 13.5. The molecular weight excluding hydrogens is 457 g/mol. The first-order valence-corrected chi connectivity index (χ1v) is 10.9. The zero-order chi connectivity index (χ0) is 22.8. The second kappa shape index (κ2) is 9.09. The maximum Gasteiger partial charge on any atom is 0.345 e. The van der Waals surface area contributed by atoms with E-state index in [9.17, 15) is 19.1 Å². The van der Waals surface area contributed by atoms with E-state index in [1.807, 2.05) is 4.90 Å². The number of carboxylic acid groups (broad SMARTS) is 1. The van der Waals surface area contributed by atoms with E-state index in [4.69, 9.17) is 11.6 Å². The summed E-state index contributed by atoms with van der Waals surface area (Å²) in [5.41, 5.74) is 1.22. The predicted molar refractivity (Wildman–Crippen MR) is 121 cm³/mol. The highest BCUT2D eigenvalue weighted by molar-refractivity contribution is 7.17. The summed E-state index contributed by atoms with van der Waals surface area (Å²) in [4.78, 5) is 36.8. The molecule has 1 fully saturated rings. The third-order valence-electron chi connectivity index (χ3n) is 5.05. The number of thiophene rings is 1. The molecule has 0 saturated carbocycles. The highest BCUT2D eigenvalue weighted by atomic mass is 35.5. The van der Waals surface area contributed by atoms with Crippen LogP contribution in [-0.2, 0) is 4.79 Å². The molecule has 3 heterocycles. The summed E-state index contributed by atoms with van der Waals surface area (Å²) in [6.45, 7) is 3.80. The topological polar surface area (TPSA) is 98.7 Å². The molecule has 0 atom stereocenters. The molecule has 1 aliphatic rings. The molecule has 0 radical (unpaired) electrons. The summed E-state index contributed by atoms with van der Waals surface area (Å²) in [6.07, 6.45) is 1.63. The van der Waals surface area contributed by atoms with Crippen molar-refractivity contribution in [1.82, 2.24) is 14.9 Å². The molecule has 2 N–H and O–H groups in total. The Kier molecular flexibility index (Phi) is 6.24. The van der Waals surface area contributed by atoms with Crippen molar-refractivity contribution in [2.45, 2.75) is 6.92 Å². The summed E-state index contributed by atoms with van der Waals surface area (Å²) in [7, 11) is 0. The average Bonchev–Trinajstić information content (AvgIpc) is 3.27. The van der Waals surface area contributed by atoms with Gasteiger partial charge in [-0.2, -0.15) is 4.98 Å². The molecule has 0 aliphatic carbocycles. The van der Waals surface area contributed by atoms with Crippen LogP contribution in [0.25, 0.3) is 10.4 Å². The molecule has 1 aliphatic heterocycles. The molecule has 166 valence electrons. The van der Waals surface area contributed by atoms with Gasteiger partial charge in [-0.1, -0.05) is 11.6 Å². The second-order valence-corrected chi connectivity index (χ2v) is 8.64. The van der Waals surface area contributed by atoms with Gasteiger partial charge < -0.3 is 20.2 Å². The first kappa shape index (κ1) is 22.0. The Morgan fingerprint density at radius 2 is 1.94 bits per heavy atom. The van der Waals surface area contributed by atoms with Crippen LogP contribution in [0.3, 0.4) is 0 Å². The lowest BCUT2D eigenvalue weighted by atomic mass is 10.2. The molecule has 2 aromatic heterocycles. The lowest BCUT2D eigenvalue weighted by Crippen LogP contribution is -2.48. The number of hydrogen-bond donors (Lipinski definition) is 2. The van der Waals surface area contributed by atoms with E-state index in [1.54, 1.807) is 30.2 Å². The van der Waals surface area contributed by atoms with Gasteiger partial charge in [0.2, 0.25) is 11.9 Å². The maximum absolute atomic E-state index is 13.5. The van der Waals surface area contributed by atoms with E-state index < -0.39 is 11.8 Å². The van der Waals surface area contributed by atoms with Crippen LogP contribution in [0.4, 0.5) is 21.8 Å². The van der Waals surface area contributed by atoms with Crippen molar-refractivity contribution < 1.29 is 19.1 Å². The van der Waals surface area contributed by atoms with Crippen molar-refractivity contribution >= 4 is 52.3 Å². The number of aromatic nitrogens is 2. The number of nitrogens with zero attached hydrogens (tertiary/aromatic N) is 4. The molecular formula is C21H19ClFN5O3S. The van der Waals surface area contributed by atoms with Crippen LogP contribution in [-0.4, -0.2) is 58.0 Å². The smallest absolute Gasteiger partial charge is 0.345 e. The lowest BCUT2D eigenvalue weighted by Gasteiger charge is -2.35. The Balaban J connectivity index is 1.68. The van der Waals surface area contributed by atoms with E-state index in [-0.39, 0.29) is 21.8 Å². The van der Waals surface area contributed by atoms with Crippen LogP contribution in [0, 0.1) is 5.82 Å². The third-order valence-corrected chi connectivity index (χ3v) is 6.45. The van der Waals surface area contributed by atoms with E-state index in [2.05, 4.69) is 15.3 Å². The summed E-state index contributed by atoms with van der Waals surface area (Å²) in [6, 6.07) is 7.50. The zero-order valence-corrected chi connectivity index (χ0v) is 18.6. The number of carbonyl (C=O) groups is 2. The van der Waals surface area contributed by atoms with Gasteiger partial charge in [0.15, 0.2) is 0 Å². The Morgan fingerprint density at radius 3 is 2.56 bits per heavy atom. The standard InChI is InChI=1S/C21H19ClFN5O3S/c1-12(29)27-6-8-28(9-7-27)19-14(17-4-5-18(32-17)20(30)31)11-24-21(26-19)25-13-2-3-16(23)15(22)10-13/h2-5,10-11H,6-9H2,1H3,(H,30,31)(H,24,25,26). The van der Waals surface area contributed by atoms with Gasteiger partial charge >= 0.3 is 5.97 Å². The number of carbonyl (C=O) groups excluding carboxylic acids is 1. The van der Waals surface area contributed by atoms with Gasteiger partial charge in [0.1, 0.15) is 16.5 Å². The molecule has 0 unspecified atom stereocenters. The van der Waals surface area contributed by atoms with Crippen LogP contribution in [0.2, 0.25) is 5.02 Å². The normalized spacial score (nSPS) is 13.8. The van der Waals surface area contributed by atoms with Crippen molar-refractivity contribution in [1.29, 1.82) is 0 Å². The van der Waals surface area contributed by atoms with Crippen LogP contribution >= 0.6 is 22.9 Å². The number of amides is 1. The largest absolute Gasteiger partial charge is 0.477 e. The number of nitrogens with one attached hydrogen (secondary N) is 1. The fraction of sp³-hybridized carbons (Fsp3) is 0.238. The first-order valence-electron chi connectivity index (χ1n) is 9.75. The highest BCUT2D eigenvalue weighted by Gasteiger charge is 2.24. The van der Waals surface area contributed by atoms with Gasteiger partial charge in [-0.05, 0) is 30.3 Å². The SMILES string of the molecule is CC(=O)N1CCN(c2nc(Nc3ccc(F)c(Cl)c3)ncc2-c2ccc(C(=O)O)s2)CC1. The van der Waals surface area contributed by atoms with Gasteiger partial charge in [0.25, 0.3) is 0 Å². The van der Waals surface area contributed by atoms with Crippen LogP contribution < -0.4 is 10.2 Å². The molecule has 4 rings (SSSR count). The van der Waals surface area contributed by atoms with Gasteiger partial charge in [-0.3, -0.25) is 4.79 Å². The molecule has 32 heavy (non-hydrogen) atoms. The Hall–Kier alpha value is -3.24. The lowest BCUT2D eigenvalue weighted by molar-refractivity contribution is -0.129. The van der Waals surface area contributed by atoms with Crippen molar-refractivity contribution in [3.05, 3.63) is 52.2 Å². The molecule has 0 spiro atoms. The molecule has 8 nitrogen and oxygen atoms in total. The quantitative estimate of drug-likeness (QED) is 0.573. The maximum atomic E-state index is 13.5. The van der Waals surface area contributed by atoms with E-state index in [0.717, 1.165) is 16.2 Å². The van der Waals surface area contributed by atoms with Crippen LogP contribution in [0.5, 0.6) is 0 Å². The third kappa shape index (κ3) is 4.66. The molecule has 11 heteroatoms. The fourth-order valence-electron chi connectivity index (χ4n) is 3.38. The van der Waals surface area contributed by atoms with Gasteiger partial charge in [-0.15, -0.1) is 11.3 Å². The van der Waals surface area contributed by atoms with Crippen LogP contribution in [0.1, 0.15) is 16.6 Å². The van der Waals surface area contributed by atoms with Gasteiger partial charge in [0.05, 0.1) is 10.6 Å². The van der Waals surface area contributed by atoms with Gasteiger partial charge in [0, 0.05) is 49.9 Å². The second-order valence-electron chi connectivity index (χ2n) is 7.15. The number of carboxylic acids is 1. The van der Waals surface area contributed by atoms with Crippen molar-refractivity contribution in [2.75, 3.05) is 36.4 Å². The molecule has 1 saturated heterocycles. The Bertz CT molecular complexity index is 1180. The predicted octanol–water partition coefficient (Wildman–Crippen LogP) is 4.11. The van der Waals surface area contributed by atoms with Gasteiger partial charge in [-0.25, -0.2) is 14.2 Å². The van der Waals surface area contributed by atoms with E-state index in [1.165, 1.54) is 18.2 Å². The average molecular weight is 476 g/mol. The number of aromatic carboxylic acids is 1. The minimum absolute atomic E-state index is 0.0208. The van der Waals surface area contributed by atoms with Crippen molar-refractivity contribution in [2.24, 2.45) is 0 Å². The fourth-order valence-corrected chi connectivity index (χ4v) is 4.41. The van der Waals surface area contributed by atoms with E-state index in [0.29, 0.717) is 43.2 Å². The minimum atomic E-state index is -0.995. The first-order chi connectivity index (χ1) is 15.3. The number of rotatable bonds is 5. The summed E-state index contributed by atoms with van der Waals surface area (Å²) in [5, 5.41) is 12.3. The number of anilines is 3. The number of halogens is 2. The molecule has 0 bridgehead atoms. The van der Waals surface area contributed by atoms with Crippen molar-refractivity contribution in [3.8, 4) is 10.4 Å². The number of piperazine rings is 1. The van der Waals surface area contributed by atoms with E-state index >= 15 is 0 Å². The Morgan fingerprint density at radius 1 is 1.19 bits per heavy atom. The summed E-state index contributed by atoms with van der Waals surface area (Å²) in [5.74, 6) is -0.588. The zero-order valence-electron chi connectivity index (χ0n) is 17.0. The van der Waals surface area contributed by atoms with Crippen LogP contribution in [0.15, 0.2) is 36.5 Å². The minimum Gasteiger partial charge on any atom is -0.477 e. The summed E-state index contributed by atoms with van der Waals surface area (Å²) >= 11 is 7.00. The molecule has 1 amide bonds. The monoisotopic (exact) mass is 475 g/mol. The highest BCUT2D eigenvalue weighted by Crippen LogP contribution is 2.35. The molecule has 1 aromatic carbocycles. The Labute approximate surface area is 192 Å². The molecule has 3 aromatic rings.